The summed E-state index contributed by atoms with van der Waals surface area (Å²) in [6.45, 7) is 3.08. The molecule has 0 bridgehead atoms. The zero-order valence-corrected chi connectivity index (χ0v) is 11.5. The van der Waals surface area contributed by atoms with E-state index in [1.807, 2.05) is 44.1 Å². The summed E-state index contributed by atoms with van der Waals surface area (Å²) >= 11 is 0. The Labute approximate surface area is 113 Å². The highest BCUT2D eigenvalue weighted by molar-refractivity contribution is 5.54. The van der Waals surface area contributed by atoms with Crippen molar-refractivity contribution in [1.82, 2.24) is 5.32 Å². The van der Waals surface area contributed by atoms with Crippen molar-refractivity contribution in [2.45, 2.75) is 20.0 Å². The molecule has 0 aliphatic rings. The number of nitrogens with one attached hydrogen (secondary N) is 1. The van der Waals surface area contributed by atoms with Crippen LogP contribution in [0.15, 0.2) is 34.7 Å². The number of anilines is 1. The smallest absolute Gasteiger partial charge is 0.146 e. The average molecular weight is 262 g/mol. The summed E-state index contributed by atoms with van der Waals surface area (Å²) in [4.78, 5) is 1.88. The second-order valence-corrected chi connectivity index (χ2v) is 4.65. The molecule has 3 nitrogen and oxygen atoms in total. The van der Waals surface area contributed by atoms with E-state index < -0.39 is 0 Å². The lowest BCUT2D eigenvalue weighted by Gasteiger charge is -2.22. The maximum Gasteiger partial charge on any atom is 0.146 e. The molecule has 2 rings (SSSR count). The maximum absolute atomic E-state index is 14.0. The third-order valence-electron chi connectivity index (χ3n) is 3.01. The normalized spacial score (nSPS) is 10.7. The summed E-state index contributed by atoms with van der Waals surface area (Å²) in [6.07, 6.45) is 0. The van der Waals surface area contributed by atoms with Crippen LogP contribution in [-0.2, 0) is 13.1 Å². The van der Waals surface area contributed by atoms with Gasteiger partial charge in [0.2, 0.25) is 0 Å². The van der Waals surface area contributed by atoms with Gasteiger partial charge in [0.05, 0.1) is 12.2 Å². The lowest BCUT2D eigenvalue weighted by Crippen LogP contribution is -2.20. The van der Waals surface area contributed by atoms with Gasteiger partial charge in [0.25, 0.3) is 0 Å². The first-order chi connectivity index (χ1) is 9.11. The topological polar surface area (TPSA) is 28.4 Å². The fraction of sp³-hybridized carbons (Fsp3) is 0.333. The standard InChI is InChI=1S/C15H19FN2O/c1-11-7-8-13(19-11)10-18(3)15-12(9-17-2)5-4-6-14(15)16/h4-8,17H,9-10H2,1-3H3. The summed E-state index contributed by atoms with van der Waals surface area (Å²) in [5, 5.41) is 3.06. The van der Waals surface area contributed by atoms with Crippen LogP contribution in [0.5, 0.6) is 0 Å². The van der Waals surface area contributed by atoms with Gasteiger partial charge in [-0.2, -0.15) is 0 Å². The number of aryl methyl sites for hydroxylation is 1. The predicted octanol–water partition coefficient (Wildman–Crippen LogP) is 3.08. The van der Waals surface area contributed by atoms with Crippen LogP contribution in [0.25, 0.3) is 0 Å². The van der Waals surface area contributed by atoms with Gasteiger partial charge in [-0.3, -0.25) is 0 Å². The summed E-state index contributed by atoms with van der Waals surface area (Å²) in [7, 11) is 3.72. The van der Waals surface area contributed by atoms with Crippen molar-refractivity contribution in [2.24, 2.45) is 0 Å². The average Bonchev–Trinajstić information content (AvgIpc) is 2.75. The molecule has 1 heterocycles. The molecule has 0 radical (unpaired) electrons. The van der Waals surface area contributed by atoms with Crippen molar-refractivity contribution >= 4 is 5.69 Å². The van der Waals surface area contributed by atoms with Gasteiger partial charge in [-0.05, 0) is 37.7 Å². The predicted molar refractivity (Wildman–Crippen MR) is 74.7 cm³/mol. The lowest BCUT2D eigenvalue weighted by molar-refractivity contribution is 0.480. The van der Waals surface area contributed by atoms with Crippen molar-refractivity contribution < 1.29 is 8.81 Å². The Hall–Kier alpha value is -1.81. The first-order valence-electron chi connectivity index (χ1n) is 6.30. The number of rotatable bonds is 5. The minimum absolute atomic E-state index is 0.210. The maximum atomic E-state index is 14.0. The van der Waals surface area contributed by atoms with E-state index in [4.69, 9.17) is 4.42 Å². The molecule has 1 aromatic carbocycles. The fourth-order valence-electron chi connectivity index (χ4n) is 2.20. The van der Waals surface area contributed by atoms with E-state index in [2.05, 4.69) is 5.32 Å². The van der Waals surface area contributed by atoms with Gasteiger partial charge in [-0.15, -0.1) is 0 Å². The van der Waals surface area contributed by atoms with Crippen LogP contribution in [0.1, 0.15) is 17.1 Å². The first kappa shape index (κ1) is 13.6. The fourth-order valence-corrected chi connectivity index (χ4v) is 2.20. The zero-order valence-electron chi connectivity index (χ0n) is 11.5. The Bertz CT molecular complexity index is 551. The Morgan fingerprint density at radius 1 is 1.26 bits per heavy atom. The van der Waals surface area contributed by atoms with Crippen LogP contribution in [0.3, 0.4) is 0 Å². The Kier molecular flexibility index (Phi) is 4.22. The van der Waals surface area contributed by atoms with E-state index >= 15 is 0 Å². The highest BCUT2D eigenvalue weighted by Gasteiger charge is 2.14. The van der Waals surface area contributed by atoms with Gasteiger partial charge >= 0.3 is 0 Å². The molecule has 4 heteroatoms. The molecule has 2 aromatic rings. The summed E-state index contributed by atoms with van der Waals surface area (Å²) < 4.78 is 19.6. The third kappa shape index (κ3) is 3.15. The van der Waals surface area contributed by atoms with E-state index in [0.29, 0.717) is 18.8 Å². The van der Waals surface area contributed by atoms with Crippen LogP contribution >= 0.6 is 0 Å². The molecular weight excluding hydrogens is 243 g/mol. The number of hydrogen-bond donors (Lipinski definition) is 1. The van der Waals surface area contributed by atoms with Crippen molar-refractivity contribution in [2.75, 3.05) is 19.0 Å². The van der Waals surface area contributed by atoms with Crippen molar-refractivity contribution in [3.05, 3.63) is 53.2 Å². The molecule has 1 aromatic heterocycles. The number of hydrogen-bond acceptors (Lipinski definition) is 3. The SMILES string of the molecule is CNCc1cccc(F)c1N(C)Cc1ccc(C)o1. The van der Waals surface area contributed by atoms with E-state index in [1.165, 1.54) is 6.07 Å². The van der Waals surface area contributed by atoms with Gasteiger partial charge in [-0.25, -0.2) is 4.39 Å². The highest BCUT2D eigenvalue weighted by atomic mass is 19.1. The van der Waals surface area contributed by atoms with Crippen LogP contribution < -0.4 is 10.2 Å². The second-order valence-electron chi connectivity index (χ2n) is 4.65. The van der Waals surface area contributed by atoms with Gasteiger partial charge < -0.3 is 14.6 Å². The molecule has 0 amide bonds. The molecule has 0 atom stereocenters. The number of nitrogens with zero attached hydrogens (tertiary/aromatic N) is 1. The van der Waals surface area contributed by atoms with Crippen LogP contribution in [0, 0.1) is 12.7 Å². The minimum atomic E-state index is -0.210. The minimum Gasteiger partial charge on any atom is -0.464 e. The Balaban J connectivity index is 2.24. The van der Waals surface area contributed by atoms with Gasteiger partial charge in [-0.1, -0.05) is 12.1 Å². The van der Waals surface area contributed by atoms with Crippen molar-refractivity contribution in [1.29, 1.82) is 0 Å². The van der Waals surface area contributed by atoms with E-state index in [-0.39, 0.29) is 5.82 Å². The summed E-state index contributed by atoms with van der Waals surface area (Å²) in [6, 6.07) is 8.98. The molecule has 102 valence electrons. The summed E-state index contributed by atoms with van der Waals surface area (Å²) in [5.74, 6) is 1.49. The van der Waals surface area contributed by atoms with Gasteiger partial charge in [0.15, 0.2) is 0 Å². The number of furan rings is 1. The molecule has 0 aliphatic carbocycles. The van der Waals surface area contributed by atoms with Crippen LogP contribution in [-0.4, -0.2) is 14.1 Å². The molecular formula is C15H19FN2O. The molecule has 0 saturated carbocycles. The van der Waals surface area contributed by atoms with Crippen molar-refractivity contribution in [3.63, 3.8) is 0 Å². The number of para-hydroxylation sites is 1. The molecule has 0 unspecified atom stereocenters. The zero-order chi connectivity index (χ0) is 13.8. The van der Waals surface area contributed by atoms with Crippen LogP contribution in [0.2, 0.25) is 0 Å². The first-order valence-corrected chi connectivity index (χ1v) is 6.30. The monoisotopic (exact) mass is 262 g/mol. The molecule has 1 N–H and O–H groups in total. The Morgan fingerprint density at radius 2 is 2.05 bits per heavy atom. The van der Waals surface area contributed by atoms with Gasteiger partial charge in [0, 0.05) is 13.6 Å². The quantitative estimate of drug-likeness (QED) is 0.897. The third-order valence-corrected chi connectivity index (χ3v) is 3.01. The largest absolute Gasteiger partial charge is 0.464 e. The number of halogens is 1. The van der Waals surface area contributed by atoms with E-state index in [0.717, 1.165) is 17.1 Å². The molecule has 19 heavy (non-hydrogen) atoms. The van der Waals surface area contributed by atoms with E-state index in [1.54, 1.807) is 6.07 Å². The number of benzene rings is 1. The lowest BCUT2D eigenvalue weighted by atomic mass is 10.1. The molecule has 0 saturated heterocycles. The van der Waals surface area contributed by atoms with Crippen LogP contribution in [0.4, 0.5) is 10.1 Å². The summed E-state index contributed by atoms with van der Waals surface area (Å²) in [5.41, 5.74) is 1.55. The van der Waals surface area contributed by atoms with Gasteiger partial charge in [0.1, 0.15) is 17.3 Å². The molecule has 0 spiro atoms. The van der Waals surface area contributed by atoms with E-state index in [9.17, 15) is 4.39 Å². The molecule has 0 aliphatic heterocycles. The van der Waals surface area contributed by atoms with Crippen molar-refractivity contribution in [3.8, 4) is 0 Å². The Morgan fingerprint density at radius 3 is 2.68 bits per heavy atom. The second kappa shape index (κ2) is 5.89. The highest BCUT2D eigenvalue weighted by Crippen LogP contribution is 2.25. The molecule has 0 fully saturated rings.